The van der Waals surface area contributed by atoms with Crippen molar-refractivity contribution >= 4 is 11.6 Å². The number of nitrogens with one attached hydrogen (secondary N) is 1. The second-order valence-corrected chi connectivity index (χ2v) is 5.90. The lowest BCUT2D eigenvalue weighted by Gasteiger charge is -2.37. The highest BCUT2D eigenvalue weighted by Gasteiger charge is 2.31. The SMILES string of the molecule is C=CCN1C(=O)c2ccccc2N[C@@H]1c1ccc(-n2ccnc2)cc1. The Hall–Kier alpha value is -3.34. The normalized spacial score (nSPS) is 16.2. The fourth-order valence-electron chi connectivity index (χ4n) is 3.12. The van der Waals surface area contributed by atoms with E-state index in [4.69, 9.17) is 0 Å². The zero-order valence-electron chi connectivity index (χ0n) is 13.7. The first-order chi connectivity index (χ1) is 12.3. The standard InChI is InChI=1S/C20H18N4O/c1-2-12-24-19(22-18-6-4-3-5-17(18)20(24)25)15-7-9-16(10-8-15)23-13-11-21-14-23/h2-11,13-14,19,22H,1,12H2/t19-/m0/s1. The van der Waals surface area contributed by atoms with Gasteiger partial charge in [0.25, 0.3) is 5.91 Å². The summed E-state index contributed by atoms with van der Waals surface area (Å²) in [5.74, 6) is 0.0120. The van der Waals surface area contributed by atoms with Crippen molar-refractivity contribution in [1.29, 1.82) is 0 Å². The summed E-state index contributed by atoms with van der Waals surface area (Å²) in [5, 5.41) is 3.47. The molecule has 0 spiro atoms. The lowest BCUT2D eigenvalue weighted by atomic mass is 10.0. The maximum absolute atomic E-state index is 12.9. The second kappa shape index (κ2) is 6.28. The Labute approximate surface area is 146 Å². The number of fused-ring (bicyclic) bond motifs is 1. The monoisotopic (exact) mass is 330 g/mol. The van der Waals surface area contributed by atoms with E-state index in [2.05, 4.69) is 16.9 Å². The lowest BCUT2D eigenvalue weighted by Crippen LogP contribution is -2.42. The van der Waals surface area contributed by atoms with E-state index in [-0.39, 0.29) is 12.1 Å². The number of hydrogen-bond acceptors (Lipinski definition) is 3. The summed E-state index contributed by atoms with van der Waals surface area (Å²) in [4.78, 5) is 18.7. The number of aromatic nitrogens is 2. The topological polar surface area (TPSA) is 50.2 Å². The lowest BCUT2D eigenvalue weighted by molar-refractivity contribution is 0.0707. The molecule has 0 saturated carbocycles. The van der Waals surface area contributed by atoms with Gasteiger partial charge in [-0.3, -0.25) is 4.79 Å². The van der Waals surface area contributed by atoms with Crippen LogP contribution in [-0.2, 0) is 0 Å². The van der Waals surface area contributed by atoms with Crippen molar-refractivity contribution in [3.63, 3.8) is 0 Å². The van der Waals surface area contributed by atoms with Crippen LogP contribution in [0, 0.1) is 0 Å². The van der Waals surface area contributed by atoms with E-state index in [9.17, 15) is 4.79 Å². The third kappa shape index (κ3) is 2.70. The number of benzene rings is 2. The van der Waals surface area contributed by atoms with Crippen LogP contribution < -0.4 is 5.32 Å². The summed E-state index contributed by atoms with van der Waals surface area (Å²) in [5.41, 5.74) is 3.60. The van der Waals surface area contributed by atoms with Gasteiger partial charge in [0, 0.05) is 30.3 Å². The Balaban J connectivity index is 1.70. The maximum Gasteiger partial charge on any atom is 0.258 e. The quantitative estimate of drug-likeness (QED) is 0.743. The number of amides is 1. The summed E-state index contributed by atoms with van der Waals surface area (Å²) < 4.78 is 1.94. The number of nitrogens with zero attached hydrogens (tertiary/aromatic N) is 3. The predicted molar refractivity (Wildman–Crippen MR) is 97.6 cm³/mol. The summed E-state index contributed by atoms with van der Waals surface area (Å²) >= 11 is 0. The van der Waals surface area contributed by atoms with Crippen LogP contribution in [0.5, 0.6) is 0 Å². The number of rotatable bonds is 4. The highest BCUT2D eigenvalue weighted by atomic mass is 16.2. The molecule has 1 atom stereocenters. The molecular formula is C20H18N4O. The van der Waals surface area contributed by atoms with E-state index in [0.717, 1.165) is 16.9 Å². The van der Waals surface area contributed by atoms with Crippen LogP contribution in [0.25, 0.3) is 5.69 Å². The Morgan fingerprint density at radius 2 is 1.96 bits per heavy atom. The molecule has 4 rings (SSSR count). The average Bonchev–Trinajstić information content (AvgIpc) is 3.19. The van der Waals surface area contributed by atoms with Crippen LogP contribution in [-0.4, -0.2) is 26.9 Å². The predicted octanol–water partition coefficient (Wildman–Crippen LogP) is 3.62. The van der Waals surface area contributed by atoms with Gasteiger partial charge in [0.2, 0.25) is 0 Å². The first kappa shape index (κ1) is 15.2. The molecule has 0 aliphatic carbocycles. The van der Waals surface area contributed by atoms with Crippen LogP contribution in [0.3, 0.4) is 0 Å². The molecule has 0 unspecified atom stereocenters. The van der Waals surface area contributed by atoms with Gasteiger partial charge in [-0.25, -0.2) is 4.98 Å². The molecule has 124 valence electrons. The number of imidazole rings is 1. The first-order valence-corrected chi connectivity index (χ1v) is 8.13. The molecule has 2 aromatic carbocycles. The van der Waals surface area contributed by atoms with Crippen molar-refractivity contribution in [3.05, 3.63) is 91.0 Å². The molecule has 1 aliphatic rings. The summed E-state index contributed by atoms with van der Waals surface area (Å²) in [6, 6.07) is 15.7. The van der Waals surface area contributed by atoms with Crippen LogP contribution in [0.15, 0.2) is 79.9 Å². The Bertz CT molecular complexity index is 900. The Morgan fingerprint density at radius 3 is 2.68 bits per heavy atom. The van der Waals surface area contributed by atoms with Gasteiger partial charge in [0.1, 0.15) is 6.17 Å². The number of hydrogen-bond donors (Lipinski definition) is 1. The third-order valence-electron chi connectivity index (χ3n) is 4.36. The average molecular weight is 330 g/mol. The van der Waals surface area contributed by atoms with Crippen molar-refractivity contribution < 1.29 is 4.79 Å². The zero-order valence-corrected chi connectivity index (χ0v) is 13.7. The largest absolute Gasteiger partial charge is 0.361 e. The Morgan fingerprint density at radius 1 is 1.16 bits per heavy atom. The van der Waals surface area contributed by atoms with Crippen molar-refractivity contribution in [3.8, 4) is 5.69 Å². The van der Waals surface area contributed by atoms with Gasteiger partial charge in [-0.15, -0.1) is 6.58 Å². The first-order valence-electron chi connectivity index (χ1n) is 8.13. The van der Waals surface area contributed by atoms with Crippen LogP contribution >= 0.6 is 0 Å². The summed E-state index contributed by atoms with van der Waals surface area (Å²) in [6.45, 7) is 4.27. The molecule has 1 N–H and O–H groups in total. The van der Waals surface area contributed by atoms with E-state index in [1.807, 2.05) is 59.3 Å². The van der Waals surface area contributed by atoms with Gasteiger partial charge < -0.3 is 14.8 Å². The van der Waals surface area contributed by atoms with E-state index < -0.39 is 0 Å². The molecule has 0 bridgehead atoms. The summed E-state index contributed by atoms with van der Waals surface area (Å²) in [6.07, 6.45) is 6.94. The van der Waals surface area contributed by atoms with Gasteiger partial charge in [-0.05, 0) is 29.8 Å². The van der Waals surface area contributed by atoms with E-state index in [1.54, 1.807) is 23.5 Å². The molecule has 25 heavy (non-hydrogen) atoms. The van der Waals surface area contributed by atoms with Crippen LogP contribution in [0.1, 0.15) is 22.1 Å². The molecule has 5 heteroatoms. The maximum atomic E-state index is 12.9. The van der Waals surface area contributed by atoms with Gasteiger partial charge in [0.05, 0.1) is 11.9 Å². The zero-order chi connectivity index (χ0) is 17.2. The van der Waals surface area contributed by atoms with Crippen LogP contribution in [0.2, 0.25) is 0 Å². The third-order valence-corrected chi connectivity index (χ3v) is 4.36. The van der Waals surface area contributed by atoms with E-state index in [1.165, 1.54) is 0 Å². The fraction of sp³-hybridized carbons (Fsp3) is 0.100. The number of para-hydroxylation sites is 1. The molecule has 5 nitrogen and oxygen atoms in total. The smallest absolute Gasteiger partial charge is 0.258 e. The van der Waals surface area contributed by atoms with E-state index >= 15 is 0 Å². The van der Waals surface area contributed by atoms with Crippen molar-refractivity contribution in [1.82, 2.24) is 14.5 Å². The molecule has 3 aromatic rings. The molecule has 0 fully saturated rings. The van der Waals surface area contributed by atoms with Gasteiger partial charge in [-0.1, -0.05) is 30.3 Å². The highest BCUT2D eigenvalue weighted by molar-refractivity contribution is 6.01. The van der Waals surface area contributed by atoms with Crippen molar-refractivity contribution in [2.24, 2.45) is 0 Å². The number of carbonyl (C=O) groups is 1. The fourth-order valence-corrected chi connectivity index (χ4v) is 3.12. The molecule has 0 saturated heterocycles. The van der Waals surface area contributed by atoms with Gasteiger partial charge in [0.15, 0.2) is 0 Å². The van der Waals surface area contributed by atoms with Crippen LogP contribution in [0.4, 0.5) is 5.69 Å². The Kier molecular flexibility index (Phi) is 3.82. The van der Waals surface area contributed by atoms with Gasteiger partial charge in [-0.2, -0.15) is 0 Å². The minimum Gasteiger partial charge on any atom is -0.361 e. The molecule has 0 radical (unpaired) electrons. The molecule has 1 aromatic heterocycles. The van der Waals surface area contributed by atoms with Crippen molar-refractivity contribution in [2.75, 3.05) is 11.9 Å². The number of carbonyl (C=O) groups excluding carboxylic acids is 1. The molecule has 1 aliphatic heterocycles. The molecule has 1 amide bonds. The molecular weight excluding hydrogens is 312 g/mol. The molecule has 2 heterocycles. The van der Waals surface area contributed by atoms with Gasteiger partial charge >= 0.3 is 0 Å². The summed E-state index contributed by atoms with van der Waals surface area (Å²) in [7, 11) is 0. The minimum absolute atomic E-state index is 0.0120. The minimum atomic E-state index is -0.225. The number of anilines is 1. The van der Waals surface area contributed by atoms with E-state index in [0.29, 0.717) is 12.1 Å². The highest BCUT2D eigenvalue weighted by Crippen LogP contribution is 2.33. The second-order valence-electron chi connectivity index (χ2n) is 5.90. The van der Waals surface area contributed by atoms with Crippen molar-refractivity contribution in [2.45, 2.75) is 6.17 Å².